The van der Waals surface area contributed by atoms with E-state index in [2.05, 4.69) is 21.9 Å². The number of anilines is 1. The molecule has 4 fully saturated rings. The first-order chi connectivity index (χ1) is 19.6. The monoisotopic (exact) mass is 650 g/mol. The van der Waals surface area contributed by atoms with Crippen LogP contribution in [0.15, 0.2) is 23.8 Å². The second-order valence-corrected chi connectivity index (χ2v) is 11.8. The number of piperidine rings is 2. The van der Waals surface area contributed by atoms with Crippen molar-refractivity contribution in [2.45, 2.75) is 56.7 Å². The van der Waals surface area contributed by atoms with E-state index >= 15 is 0 Å². The van der Waals surface area contributed by atoms with E-state index in [4.69, 9.17) is 51.5 Å². The maximum Gasteiger partial charge on any atom is 2.00 e. The molecule has 1 amide bonds. The quantitative estimate of drug-likeness (QED) is 0.215. The van der Waals surface area contributed by atoms with Gasteiger partial charge in [-0.15, -0.1) is 0 Å². The molecule has 0 aromatic heterocycles. The summed E-state index contributed by atoms with van der Waals surface area (Å²) in [6.07, 6.45) is 5.11. The number of nitrogens with zero attached hydrogens (tertiary/aromatic N) is 2. The molecule has 0 unspecified atom stereocenters. The molecule has 2 N–H and O–H groups in total. The summed E-state index contributed by atoms with van der Waals surface area (Å²) < 4.78 is 49.2. The number of carboxylic acid groups (broad SMARTS) is 2. The Morgan fingerprint density at radius 1 is 1.09 bits per heavy atom. The van der Waals surface area contributed by atoms with Crippen LogP contribution in [0, 0.1) is 11.8 Å². The van der Waals surface area contributed by atoms with E-state index in [1.165, 1.54) is 12.0 Å². The van der Waals surface area contributed by atoms with Gasteiger partial charge in [-0.3, -0.25) is 18.8 Å². The number of amides is 1. The summed E-state index contributed by atoms with van der Waals surface area (Å²) in [6, 6.07) is 4.87. The van der Waals surface area contributed by atoms with Crippen LogP contribution in [0.1, 0.15) is 38.7 Å². The number of methoxy groups -OCH3 is 2. The molecule has 3 saturated heterocycles. The maximum atomic E-state index is 13.5. The SMILES string of the molecule is CC(=O)[O-].CC(=O)[O-].COc1cc2c(cc1OC)[C@@]13CCN4CC5=CCO[C@H]6CC(=O)N2[C@H]1[C@H]6[C@H]5C[C@H]43.O=S(=O)(O)O.[Ca+2]. The summed E-state index contributed by atoms with van der Waals surface area (Å²) in [5.74, 6) is 0.407. The fourth-order valence-electron chi connectivity index (χ4n) is 7.87. The molecule has 43 heavy (non-hydrogen) atoms. The molecule has 14 nitrogen and oxygen atoms in total. The molecule has 5 aliphatic heterocycles. The predicted molar refractivity (Wildman–Crippen MR) is 148 cm³/mol. The Kier molecular flexibility index (Phi) is 11.2. The molecule has 232 valence electrons. The van der Waals surface area contributed by atoms with Gasteiger partial charge in [-0.05, 0) is 50.8 Å². The third kappa shape index (κ3) is 6.83. The first-order valence-electron chi connectivity index (χ1n) is 13.3. The molecule has 6 atom stereocenters. The number of rotatable bonds is 2. The number of carbonyl (C=O) groups is 3. The van der Waals surface area contributed by atoms with Crippen LogP contribution in [0.3, 0.4) is 0 Å². The topological polar surface area (TPSA) is 206 Å². The molecule has 16 heteroatoms. The molecule has 2 bridgehead atoms. The van der Waals surface area contributed by atoms with Crippen LogP contribution in [-0.2, 0) is 34.9 Å². The van der Waals surface area contributed by atoms with Crippen LogP contribution in [0.5, 0.6) is 11.5 Å². The van der Waals surface area contributed by atoms with Crippen molar-refractivity contribution in [1.82, 2.24) is 4.90 Å². The molecule has 1 aromatic rings. The van der Waals surface area contributed by atoms with E-state index in [1.807, 2.05) is 6.07 Å². The fourth-order valence-corrected chi connectivity index (χ4v) is 7.87. The maximum absolute atomic E-state index is 13.5. The molecule has 6 aliphatic rings. The van der Waals surface area contributed by atoms with Gasteiger partial charge in [0.1, 0.15) is 0 Å². The number of ether oxygens (including phenoxy) is 3. The van der Waals surface area contributed by atoms with Crippen molar-refractivity contribution in [2.75, 3.05) is 38.8 Å². The number of fused-ring (bicyclic) bond motifs is 2. The van der Waals surface area contributed by atoms with Gasteiger partial charge in [0.2, 0.25) is 5.91 Å². The minimum absolute atomic E-state index is 0. The van der Waals surface area contributed by atoms with Crippen LogP contribution in [0.25, 0.3) is 0 Å². The number of carbonyl (C=O) groups excluding carboxylic acids is 3. The zero-order valence-electron chi connectivity index (χ0n) is 24.3. The van der Waals surface area contributed by atoms with E-state index < -0.39 is 22.3 Å². The van der Waals surface area contributed by atoms with Gasteiger partial charge in [0.25, 0.3) is 0 Å². The second kappa shape index (κ2) is 13.6. The average molecular weight is 651 g/mol. The van der Waals surface area contributed by atoms with E-state index in [9.17, 15) is 4.79 Å². The van der Waals surface area contributed by atoms with Crippen molar-refractivity contribution in [1.29, 1.82) is 0 Å². The molecular formula is C27H34CaN2O12S. The van der Waals surface area contributed by atoms with Gasteiger partial charge < -0.3 is 38.9 Å². The van der Waals surface area contributed by atoms with Gasteiger partial charge in [0.05, 0.1) is 45.1 Å². The molecule has 1 aliphatic carbocycles. The van der Waals surface area contributed by atoms with Crippen LogP contribution in [0.4, 0.5) is 5.69 Å². The van der Waals surface area contributed by atoms with E-state index in [0.29, 0.717) is 36.7 Å². The first-order valence-corrected chi connectivity index (χ1v) is 14.7. The van der Waals surface area contributed by atoms with Gasteiger partial charge in [0, 0.05) is 41.9 Å². The summed E-state index contributed by atoms with van der Waals surface area (Å²) in [6.45, 7) is 4.75. The molecule has 5 heterocycles. The number of hydrogen-bond donors (Lipinski definition) is 2. The first kappa shape index (κ1) is 35.5. The van der Waals surface area contributed by atoms with Gasteiger partial charge in [0.15, 0.2) is 11.5 Å². The molecule has 1 aromatic carbocycles. The predicted octanol–water partition coefficient (Wildman–Crippen LogP) is -1.41. The second-order valence-electron chi connectivity index (χ2n) is 10.9. The third-order valence-corrected chi connectivity index (χ3v) is 8.81. The van der Waals surface area contributed by atoms with Gasteiger partial charge >= 0.3 is 48.1 Å². The Balaban J connectivity index is 0.000000310. The number of carboxylic acids is 2. The van der Waals surface area contributed by atoms with Crippen LogP contribution in [-0.4, -0.2) is 130 Å². The van der Waals surface area contributed by atoms with Crippen LogP contribution in [0.2, 0.25) is 0 Å². The molecular weight excluding hydrogens is 616 g/mol. The normalized spacial score (nSPS) is 30.2. The molecule has 7 rings (SSSR count). The minimum atomic E-state index is -4.67. The van der Waals surface area contributed by atoms with Gasteiger partial charge in [-0.25, -0.2) is 0 Å². The standard InChI is InChI=1S/C23H26N2O4.2C2H4O2.Ca.H2O4S/c1-27-16-8-14-15(9-17(16)28-2)25-20(26)10-18-21-13-7-19-23(14,22(21)25)4-5-24(19)11-12(13)3-6-29-18;2*1-2(3)4;;1-5(2,3)4/h3,8-9,13,18-19,21-22H,4-7,10-11H2,1-2H3;2*1H3,(H,3,4);;(H2,1,2,3,4)/q;;;+2;/p-2/t13-,18-,19-,21-,22-,23+;;;;/m0..../s1. The summed E-state index contributed by atoms with van der Waals surface area (Å²) in [5.41, 5.74) is 3.85. The van der Waals surface area contributed by atoms with Crippen LogP contribution >= 0.6 is 0 Å². The summed E-state index contributed by atoms with van der Waals surface area (Å²) in [7, 11) is -1.31. The molecule has 0 radical (unpaired) electrons. The van der Waals surface area contributed by atoms with Crippen molar-refractivity contribution >= 4 is 71.7 Å². The zero-order chi connectivity index (χ0) is 31.1. The van der Waals surface area contributed by atoms with E-state index in [-0.39, 0.29) is 61.2 Å². The zero-order valence-corrected chi connectivity index (χ0v) is 27.4. The van der Waals surface area contributed by atoms with Crippen LogP contribution < -0.4 is 24.6 Å². The fraction of sp³-hybridized carbons (Fsp3) is 0.593. The minimum Gasteiger partial charge on any atom is -0.550 e. The third-order valence-electron chi connectivity index (χ3n) is 8.81. The smallest absolute Gasteiger partial charge is 0.550 e. The number of hydrogen-bond acceptors (Lipinski definition) is 11. The van der Waals surface area contributed by atoms with Gasteiger partial charge in [-0.2, -0.15) is 8.42 Å². The van der Waals surface area contributed by atoms with Crippen molar-refractivity contribution in [3.8, 4) is 11.5 Å². The largest absolute Gasteiger partial charge is 2.00 e. The number of aliphatic carboxylic acids is 2. The Morgan fingerprint density at radius 3 is 2.21 bits per heavy atom. The van der Waals surface area contributed by atoms with E-state index in [1.54, 1.807) is 19.8 Å². The molecule has 1 spiro atoms. The molecule has 1 saturated carbocycles. The van der Waals surface area contributed by atoms with Crippen molar-refractivity contribution < 1.29 is 56.3 Å². The summed E-state index contributed by atoms with van der Waals surface area (Å²) >= 11 is 0. The van der Waals surface area contributed by atoms with Gasteiger partial charge in [-0.1, -0.05) is 11.6 Å². The Hall–Kier alpha value is -1.98. The summed E-state index contributed by atoms with van der Waals surface area (Å²) in [4.78, 5) is 36.0. The van der Waals surface area contributed by atoms with Crippen molar-refractivity contribution in [3.63, 3.8) is 0 Å². The Morgan fingerprint density at radius 2 is 1.65 bits per heavy atom. The van der Waals surface area contributed by atoms with Crippen molar-refractivity contribution in [2.24, 2.45) is 11.8 Å². The average Bonchev–Trinajstić information content (AvgIpc) is 3.33. The number of benzene rings is 1. The Labute approximate surface area is 279 Å². The van der Waals surface area contributed by atoms with Crippen molar-refractivity contribution in [3.05, 3.63) is 29.3 Å². The van der Waals surface area contributed by atoms with E-state index in [0.717, 1.165) is 44.8 Å². The summed E-state index contributed by atoms with van der Waals surface area (Å²) in [5, 5.41) is 17.8. The Bertz CT molecular complexity index is 1370.